The molecule has 2 aromatic rings. The molecule has 3 atom stereocenters. The lowest BCUT2D eigenvalue weighted by Gasteiger charge is -2.17. The van der Waals surface area contributed by atoms with Gasteiger partial charge in [0, 0.05) is 30.0 Å². The van der Waals surface area contributed by atoms with Crippen LogP contribution >= 0.6 is 0 Å². The van der Waals surface area contributed by atoms with E-state index in [9.17, 15) is 14.0 Å². The van der Waals surface area contributed by atoms with Gasteiger partial charge in [-0.25, -0.2) is 9.37 Å². The molecule has 150 valence electrons. The summed E-state index contributed by atoms with van der Waals surface area (Å²) in [5.74, 6) is -0.819. The van der Waals surface area contributed by atoms with Crippen molar-refractivity contribution >= 4 is 22.6 Å². The Labute approximate surface area is 162 Å². The number of rotatable bonds is 7. The number of fused-ring (bicyclic) bond motifs is 1. The van der Waals surface area contributed by atoms with Gasteiger partial charge in [0.25, 0.3) is 11.8 Å². The van der Waals surface area contributed by atoms with E-state index in [1.165, 1.54) is 0 Å². The zero-order valence-electron chi connectivity index (χ0n) is 16.1. The molecule has 0 unspecified atom stereocenters. The Morgan fingerprint density at radius 3 is 2.75 bits per heavy atom. The minimum absolute atomic E-state index is 0.141. The Kier molecular flexibility index (Phi) is 5.67. The Bertz CT molecular complexity index is 902. The van der Waals surface area contributed by atoms with Gasteiger partial charge in [-0.05, 0) is 37.4 Å². The number of carbonyl (C=O) groups excluding carboxylic acids is 2. The maximum absolute atomic E-state index is 13.7. The summed E-state index contributed by atoms with van der Waals surface area (Å²) in [6.07, 6.45) is 0.407. The fourth-order valence-corrected chi connectivity index (χ4v) is 3.29. The van der Waals surface area contributed by atoms with E-state index >= 15 is 0 Å². The maximum Gasteiger partial charge on any atom is 0.255 e. The van der Waals surface area contributed by atoms with E-state index in [2.05, 4.69) is 10.3 Å². The zero-order chi connectivity index (χ0) is 20.4. The molecule has 3 N–H and O–H groups in total. The van der Waals surface area contributed by atoms with E-state index in [-0.39, 0.29) is 24.3 Å². The summed E-state index contributed by atoms with van der Waals surface area (Å²) in [5, 5.41) is 4.05. The van der Waals surface area contributed by atoms with E-state index in [4.69, 9.17) is 15.2 Å². The van der Waals surface area contributed by atoms with Crippen molar-refractivity contribution in [1.29, 1.82) is 0 Å². The normalized spacial score (nSPS) is 21.8. The fourth-order valence-electron chi connectivity index (χ4n) is 3.29. The maximum atomic E-state index is 13.7. The van der Waals surface area contributed by atoms with Crippen LogP contribution in [0.5, 0.6) is 11.6 Å². The number of nitrogens with one attached hydrogen (secondary N) is 1. The van der Waals surface area contributed by atoms with Gasteiger partial charge in [0.1, 0.15) is 5.75 Å². The lowest BCUT2D eigenvalue weighted by molar-refractivity contribution is -0.123. The van der Waals surface area contributed by atoms with Crippen LogP contribution in [0.2, 0.25) is 0 Å². The second kappa shape index (κ2) is 8.00. The van der Waals surface area contributed by atoms with Crippen LogP contribution in [0.15, 0.2) is 24.4 Å². The lowest BCUT2D eigenvalue weighted by Crippen LogP contribution is -2.29. The van der Waals surface area contributed by atoms with Crippen molar-refractivity contribution in [3.63, 3.8) is 0 Å². The molecule has 1 aliphatic heterocycles. The number of hydrogen-bond donors (Lipinski definition) is 2. The third-order valence-electron chi connectivity index (χ3n) is 4.80. The quantitative estimate of drug-likeness (QED) is 0.757. The minimum atomic E-state index is -1.48. The number of halogens is 1. The molecule has 3 rings (SSSR count). The van der Waals surface area contributed by atoms with Crippen molar-refractivity contribution in [2.75, 3.05) is 6.61 Å². The van der Waals surface area contributed by atoms with Crippen molar-refractivity contribution in [2.45, 2.75) is 45.5 Å². The van der Waals surface area contributed by atoms with Crippen molar-refractivity contribution in [3.8, 4) is 11.6 Å². The van der Waals surface area contributed by atoms with Crippen molar-refractivity contribution < 1.29 is 23.5 Å². The minimum Gasteiger partial charge on any atom is -0.490 e. The first-order chi connectivity index (χ1) is 13.3. The average Bonchev–Trinajstić information content (AvgIpc) is 2.88. The standard InChI is InChI=1S/C20H24FN3O4/c1-10(2)28-16-9-13-12(8-14(16)18(22)25)4-6-23-20(13)27-7-5-15-11(3)17(21)19(26)24-15/h4,6,8-11,15,17H,5,7H2,1-3H3,(H2,22,25)(H,24,26)/t11-,15+,17-/m0/s1. The van der Waals surface area contributed by atoms with Gasteiger partial charge in [0.15, 0.2) is 6.17 Å². The summed E-state index contributed by atoms with van der Waals surface area (Å²) < 4.78 is 25.2. The summed E-state index contributed by atoms with van der Waals surface area (Å²) in [6, 6.07) is 4.81. The number of amides is 2. The Hall–Kier alpha value is -2.90. The van der Waals surface area contributed by atoms with Gasteiger partial charge < -0.3 is 20.5 Å². The number of nitrogens with two attached hydrogens (primary N) is 1. The molecule has 1 aromatic carbocycles. The van der Waals surface area contributed by atoms with Crippen LogP contribution in [0.1, 0.15) is 37.6 Å². The molecule has 1 fully saturated rings. The van der Waals surface area contributed by atoms with Gasteiger partial charge in [0.05, 0.1) is 18.3 Å². The molecule has 2 heterocycles. The second-order valence-corrected chi connectivity index (χ2v) is 7.23. The van der Waals surface area contributed by atoms with Crippen LogP contribution in [0.25, 0.3) is 10.8 Å². The lowest BCUT2D eigenvalue weighted by atomic mass is 9.99. The van der Waals surface area contributed by atoms with Gasteiger partial charge in [-0.1, -0.05) is 6.92 Å². The molecule has 8 heteroatoms. The van der Waals surface area contributed by atoms with E-state index < -0.39 is 23.9 Å². The number of hydrogen-bond acceptors (Lipinski definition) is 5. The number of aromatic nitrogens is 1. The summed E-state index contributed by atoms with van der Waals surface area (Å²) >= 11 is 0. The summed E-state index contributed by atoms with van der Waals surface area (Å²) in [5.41, 5.74) is 5.76. The number of alkyl halides is 1. The van der Waals surface area contributed by atoms with Gasteiger partial charge in [-0.15, -0.1) is 0 Å². The monoisotopic (exact) mass is 389 g/mol. The summed E-state index contributed by atoms with van der Waals surface area (Å²) in [4.78, 5) is 27.4. The molecule has 0 radical (unpaired) electrons. The van der Waals surface area contributed by atoms with Crippen molar-refractivity contribution in [2.24, 2.45) is 11.7 Å². The van der Waals surface area contributed by atoms with Crippen LogP contribution in [0.3, 0.4) is 0 Å². The third-order valence-corrected chi connectivity index (χ3v) is 4.80. The van der Waals surface area contributed by atoms with Crippen LogP contribution < -0.4 is 20.5 Å². The topological polar surface area (TPSA) is 104 Å². The van der Waals surface area contributed by atoms with Crippen LogP contribution in [-0.2, 0) is 4.79 Å². The predicted octanol–water partition coefficient (Wildman–Crippen LogP) is 2.36. The zero-order valence-corrected chi connectivity index (χ0v) is 16.1. The van der Waals surface area contributed by atoms with Crippen LogP contribution in [-0.4, -0.2) is 41.7 Å². The van der Waals surface area contributed by atoms with Gasteiger partial charge in [0.2, 0.25) is 5.88 Å². The highest BCUT2D eigenvalue weighted by Crippen LogP contribution is 2.31. The summed E-state index contributed by atoms with van der Waals surface area (Å²) in [6.45, 7) is 5.66. The largest absolute Gasteiger partial charge is 0.490 e. The highest BCUT2D eigenvalue weighted by atomic mass is 19.1. The highest BCUT2D eigenvalue weighted by Gasteiger charge is 2.39. The Balaban J connectivity index is 1.81. The van der Waals surface area contributed by atoms with Gasteiger partial charge in [-0.3, -0.25) is 9.59 Å². The number of nitrogens with zero attached hydrogens (tertiary/aromatic N) is 1. The first kappa shape index (κ1) is 19.9. The predicted molar refractivity (Wildman–Crippen MR) is 102 cm³/mol. The first-order valence-electron chi connectivity index (χ1n) is 9.24. The van der Waals surface area contributed by atoms with E-state index in [0.717, 1.165) is 5.39 Å². The van der Waals surface area contributed by atoms with Gasteiger partial charge >= 0.3 is 0 Å². The first-order valence-corrected chi connectivity index (χ1v) is 9.24. The second-order valence-electron chi connectivity index (χ2n) is 7.23. The average molecular weight is 389 g/mol. The molecule has 7 nitrogen and oxygen atoms in total. The third kappa shape index (κ3) is 4.00. The molecule has 0 bridgehead atoms. The molecule has 0 saturated carbocycles. The number of primary amides is 1. The Morgan fingerprint density at radius 1 is 1.39 bits per heavy atom. The van der Waals surface area contributed by atoms with Gasteiger partial charge in [-0.2, -0.15) is 0 Å². The fraction of sp³-hybridized carbons (Fsp3) is 0.450. The van der Waals surface area contributed by atoms with Crippen LogP contribution in [0.4, 0.5) is 4.39 Å². The summed E-state index contributed by atoms with van der Waals surface area (Å²) in [7, 11) is 0. The molecule has 28 heavy (non-hydrogen) atoms. The molecule has 1 saturated heterocycles. The molecule has 1 aromatic heterocycles. The Morgan fingerprint density at radius 2 is 2.14 bits per heavy atom. The van der Waals surface area contributed by atoms with Crippen molar-refractivity contribution in [3.05, 3.63) is 30.0 Å². The number of carbonyl (C=O) groups is 2. The van der Waals surface area contributed by atoms with E-state index in [0.29, 0.717) is 23.4 Å². The number of ether oxygens (including phenoxy) is 2. The SMILES string of the molecule is CC(C)Oc1cc2c(OCC[C@H]3NC(=O)[C@@H](F)[C@H]3C)nccc2cc1C(N)=O. The van der Waals surface area contributed by atoms with Crippen LogP contribution in [0, 0.1) is 5.92 Å². The molecular formula is C20H24FN3O4. The molecule has 0 spiro atoms. The highest BCUT2D eigenvalue weighted by molar-refractivity contribution is 6.01. The smallest absolute Gasteiger partial charge is 0.255 e. The molecule has 2 amide bonds. The van der Waals surface area contributed by atoms with E-state index in [1.807, 2.05) is 13.8 Å². The number of pyridine rings is 1. The molecule has 0 aliphatic carbocycles. The van der Waals surface area contributed by atoms with Crippen molar-refractivity contribution in [1.82, 2.24) is 10.3 Å². The molecule has 1 aliphatic rings. The number of benzene rings is 1. The molecular weight excluding hydrogens is 365 g/mol. The van der Waals surface area contributed by atoms with E-state index in [1.54, 1.807) is 31.3 Å².